The Bertz CT molecular complexity index is 1090. The van der Waals surface area contributed by atoms with Crippen LogP contribution in [0.3, 0.4) is 0 Å². The lowest BCUT2D eigenvalue weighted by Gasteiger charge is -2.09. The van der Waals surface area contributed by atoms with E-state index < -0.39 is 17.6 Å². The first-order valence-corrected chi connectivity index (χ1v) is 10.4. The summed E-state index contributed by atoms with van der Waals surface area (Å²) in [6.07, 6.45) is -2.93. The number of nitrogens with zero attached hydrogens (tertiary/aromatic N) is 4. The third-order valence-corrected chi connectivity index (χ3v) is 5.19. The number of aromatic nitrogens is 3. The van der Waals surface area contributed by atoms with Gasteiger partial charge in [-0.1, -0.05) is 45.9 Å². The monoisotopic (exact) mass is 513 g/mol. The van der Waals surface area contributed by atoms with Crippen molar-refractivity contribution in [1.29, 1.82) is 0 Å². The van der Waals surface area contributed by atoms with E-state index in [1.54, 1.807) is 6.21 Å². The second-order valence-corrected chi connectivity index (χ2v) is 7.87. The van der Waals surface area contributed by atoms with Crippen molar-refractivity contribution in [3.05, 3.63) is 64.1 Å². The molecule has 4 N–H and O–H groups in total. The second kappa shape index (κ2) is 9.83. The summed E-state index contributed by atoms with van der Waals surface area (Å²) in [5.41, 5.74) is 2.69. The highest BCUT2D eigenvalue weighted by Crippen LogP contribution is 2.30. The maximum absolute atomic E-state index is 12.8. The van der Waals surface area contributed by atoms with Crippen molar-refractivity contribution in [2.45, 2.75) is 11.3 Å². The Morgan fingerprint density at radius 1 is 1.23 bits per heavy atom. The van der Waals surface area contributed by atoms with Gasteiger partial charge in [-0.25, -0.2) is 10.1 Å². The minimum Gasteiger partial charge on any atom is -0.334 e. The summed E-state index contributed by atoms with van der Waals surface area (Å²) in [7, 11) is 0. The van der Waals surface area contributed by atoms with Crippen LogP contribution >= 0.6 is 27.7 Å². The molecule has 3 aromatic rings. The summed E-state index contributed by atoms with van der Waals surface area (Å²) in [5, 5.41) is 14.3. The molecule has 31 heavy (non-hydrogen) atoms. The van der Waals surface area contributed by atoms with Crippen LogP contribution < -0.4 is 16.6 Å². The number of nitrogens with one attached hydrogen (secondary N) is 2. The van der Waals surface area contributed by atoms with Gasteiger partial charge in [0, 0.05) is 10.2 Å². The summed E-state index contributed by atoms with van der Waals surface area (Å²) >= 11 is 4.31. The summed E-state index contributed by atoms with van der Waals surface area (Å²) in [5.74, 6) is 5.38. The van der Waals surface area contributed by atoms with Crippen LogP contribution in [0.15, 0.2) is 63.3 Å². The molecular weight excluding hydrogens is 499 g/mol. The largest absolute Gasteiger partial charge is 0.416 e. The molecule has 0 aliphatic heterocycles. The molecule has 0 saturated heterocycles. The van der Waals surface area contributed by atoms with E-state index in [9.17, 15) is 18.0 Å². The van der Waals surface area contributed by atoms with Gasteiger partial charge in [0.05, 0.1) is 17.5 Å². The van der Waals surface area contributed by atoms with E-state index in [0.717, 1.165) is 38.6 Å². The highest BCUT2D eigenvalue weighted by molar-refractivity contribution is 9.10. The van der Waals surface area contributed by atoms with Crippen molar-refractivity contribution in [1.82, 2.24) is 14.9 Å². The summed E-state index contributed by atoms with van der Waals surface area (Å²) < 4.78 is 40.3. The minimum absolute atomic E-state index is 0.0410. The summed E-state index contributed by atoms with van der Waals surface area (Å²) in [6, 6.07) is 11.8. The Hall–Kier alpha value is -3.06. The van der Waals surface area contributed by atoms with Crippen molar-refractivity contribution in [3.63, 3.8) is 0 Å². The Balaban J connectivity index is 1.53. The fraction of sp³-hybridized carbons (Fsp3) is 0.111. The number of halogens is 4. The third kappa shape index (κ3) is 6.46. The van der Waals surface area contributed by atoms with Crippen molar-refractivity contribution in [2.75, 3.05) is 22.3 Å². The second-order valence-electron chi connectivity index (χ2n) is 6.01. The van der Waals surface area contributed by atoms with Crippen LogP contribution in [-0.4, -0.2) is 32.7 Å². The number of anilines is 2. The molecule has 1 heterocycles. The number of carbonyl (C=O) groups excluding carboxylic acids is 1. The maximum atomic E-state index is 12.8. The molecule has 162 valence electrons. The number of carbonyl (C=O) groups is 1. The van der Waals surface area contributed by atoms with Gasteiger partial charge in [0.15, 0.2) is 0 Å². The van der Waals surface area contributed by atoms with Crippen LogP contribution in [-0.2, 0) is 11.0 Å². The van der Waals surface area contributed by atoms with E-state index in [-0.39, 0.29) is 22.5 Å². The summed E-state index contributed by atoms with van der Waals surface area (Å²) in [4.78, 5) is 12.1. The third-order valence-electron chi connectivity index (χ3n) is 3.72. The average molecular weight is 514 g/mol. The topological polar surface area (TPSA) is 110 Å². The molecule has 1 aromatic heterocycles. The lowest BCUT2D eigenvalue weighted by Crippen LogP contribution is -2.17. The number of hydrogen-bond donors (Lipinski definition) is 3. The van der Waals surface area contributed by atoms with Gasteiger partial charge in [-0.2, -0.15) is 18.3 Å². The molecule has 0 fully saturated rings. The molecule has 0 aliphatic carbocycles. The molecule has 2 aromatic carbocycles. The van der Waals surface area contributed by atoms with Crippen LogP contribution in [0.1, 0.15) is 11.1 Å². The highest BCUT2D eigenvalue weighted by Gasteiger charge is 2.30. The molecule has 8 nitrogen and oxygen atoms in total. The average Bonchev–Trinajstić information content (AvgIpc) is 3.07. The predicted molar refractivity (Wildman–Crippen MR) is 116 cm³/mol. The number of nitrogen functional groups attached to an aromatic ring is 1. The van der Waals surface area contributed by atoms with Crippen LogP contribution in [0.5, 0.6) is 0 Å². The number of hydrogen-bond acceptors (Lipinski definition) is 7. The standard InChI is InChI=1S/C18H15BrF3N7OS/c19-13-6-4-11(5-7-13)9-24-26-16-27-28-17(29(16)23)31-10-15(30)25-14-3-1-2-12(8-14)18(20,21)22/h1-9H,10,23H2,(H,25,30)(H,26,27)/b24-9+. The Labute approximate surface area is 187 Å². The van der Waals surface area contributed by atoms with E-state index in [1.807, 2.05) is 24.3 Å². The summed E-state index contributed by atoms with van der Waals surface area (Å²) in [6.45, 7) is 0. The first-order valence-electron chi connectivity index (χ1n) is 8.57. The van der Waals surface area contributed by atoms with Crippen molar-refractivity contribution in [3.8, 4) is 0 Å². The zero-order valence-electron chi connectivity index (χ0n) is 15.6. The Morgan fingerprint density at radius 2 is 1.97 bits per heavy atom. The van der Waals surface area contributed by atoms with Crippen molar-refractivity contribution < 1.29 is 18.0 Å². The number of amides is 1. The number of rotatable bonds is 7. The quantitative estimate of drug-likeness (QED) is 0.191. The molecular formula is C18H15BrF3N7OS. The fourth-order valence-electron chi connectivity index (χ4n) is 2.27. The van der Waals surface area contributed by atoms with Gasteiger partial charge >= 0.3 is 6.18 Å². The number of nitrogens with two attached hydrogens (primary N) is 1. The molecule has 3 rings (SSSR count). The fourth-order valence-corrected chi connectivity index (χ4v) is 3.19. The van der Waals surface area contributed by atoms with Gasteiger partial charge in [-0.05, 0) is 35.9 Å². The van der Waals surface area contributed by atoms with E-state index in [4.69, 9.17) is 5.84 Å². The first-order chi connectivity index (χ1) is 14.7. The van der Waals surface area contributed by atoms with Crippen molar-refractivity contribution >= 4 is 51.4 Å². The number of alkyl halides is 3. The molecule has 13 heteroatoms. The van der Waals surface area contributed by atoms with Crippen LogP contribution in [0.2, 0.25) is 0 Å². The van der Waals surface area contributed by atoms with Crippen LogP contribution in [0, 0.1) is 0 Å². The van der Waals surface area contributed by atoms with Crippen LogP contribution in [0.4, 0.5) is 24.8 Å². The van der Waals surface area contributed by atoms with Crippen molar-refractivity contribution in [2.24, 2.45) is 5.10 Å². The van der Waals surface area contributed by atoms with E-state index in [2.05, 4.69) is 42.0 Å². The molecule has 0 radical (unpaired) electrons. The normalized spacial score (nSPS) is 11.6. The zero-order valence-corrected chi connectivity index (χ0v) is 18.0. The highest BCUT2D eigenvalue weighted by atomic mass is 79.9. The molecule has 0 unspecified atom stereocenters. The molecule has 1 amide bonds. The van der Waals surface area contributed by atoms with Gasteiger partial charge in [-0.15, -0.1) is 10.2 Å². The SMILES string of the molecule is Nn1c(N/N=C/c2ccc(Br)cc2)nnc1SCC(=O)Nc1cccc(C(F)(F)F)c1. The van der Waals surface area contributed by atoms with Gasteiger partial charge in [0.1, 0.15) is 0 Å². The number of thioether (sulfide) groups is 1. The Kier molecular flexibility index (Phi) is 7.17. The minimum atomic E-state index is -4.49. The predicted octanol–water partition coefficient (Wildman–Crippen LogP) is 3.95. The van der Waals surface area contributed by atoms with Gasteiger partial charge in [0.25, 0.3) is 5.95 Å². The van der Waals surface area contributed by atoms with Gasteiger partial charge in [-0.3, -0.25) is 4.79 Å². The maximum Gasteiger partial charge on any atom is 0.416 e. The molecule has 0 bridgehead atoms. The lowest BCUT2D eigenvalue weighted by atomic mass is 10.2. The van der Waals surface area contributed by atoms with Gasteiger partial charge in [0.2, 0.25) is 11.1 Å². The first kappa shape index (κ1) is 22.6. The molecule has 0 aliphatic rings. The zero-order chi connectivity index (χ0) is 22.4. The molecule has 0 spiro atoms. The van der Waals surface area contributed by atoms with Gasteiger partial charge < -0.3 is 11.2 Å². The molecule has 0 atom stereocenters. The van der Waals surface area contributed by atoms with Crippen LogP contribution in [0.25, 0.3) is 0 Å². The smallest absolute Gasteiger partial charge is 0.334 e. The number of hydrazone groups is 1. The van der Waals surface area contributed by atoms with E-state index >= 15 is 0 Å². The molecule has 0 saturated carbocycles. The lowest BCUT2D eigenvalue weighted by molar-refractivity contribution is -0.137. The van der Waals surface area contributed by atoms with E-state index in [1.165, 1.54) is 12.1 Å². The Morgan fingerprint density at radius 3 is 2.68 bits per heavy atom. The number of benzene rings is 2. The van der Waals surface area contributed by atoms with E-state index in [0.29, 0.717) is 0 Å².